The molecule has 0 radical (unpaired) electrons. The molecule has 2 aliphatic heterocycles. The highest BCUT2D eigenvalue weighted by Crippen LogP contribution is 2.32. The Morgan fingerprint density at radius 2 is 1.97 bits per heavy atom. The van der Waals surface area contributed by atoms with Gasteiger partial charge >= 0.3 is 0 Å². The van der Waals surface area contributed by atoms with Gasteiger partial charge in [-0.25, -0.2) is 4.98 Å². The van der Waals surface area contributed by atoms with Crippen LogP contribution >= 0.6 is 0 Å². The van der Waals surface area contributed by atoms with Crippen LogP contribution in [0.25, 0.3) is 5.65 Å². The van der Waals surface area contributed by atoms with Crippen molar-refractivity contribution in [1.82, 2.24) is 24.8 Å². The number of piperidine rings is 1. The molecule has 0 aromatic carbocycles. The SMILES string of the molecule is Cc1ccnc(NC(=O)CCc2nnc3ccc(N4CCC5(CC4)OCCO5)nn23)c1. The molecule has 0 bridgehead atoms. The maximum atomic E-state index is 12.3. The molecular weight excluding hydrogens is 398 g/mol. The van der Waals surface area contributed by atoms with E-state index < -0.39 is 5.79 Å². The van der Waals surface area contributed by atoms with Gasteiger partial charge in [-0.2, -0.15) is 4.52 Å². The number of carbonyl (C=O) groups is 1. The zero-order valence-corrected chi connectivity index (χ0v) is 17.5. The molecule has 2 saturated heterocycles. The van der Waals surface area contributed by atoms with E-state index in [2.05, 4.69) is 25.4 Å². The van der Waals surface area contributed by atoms with Gasteiger partial charge in [0, 0.05) is 45.0 Å². The Morgan fingerprint density at radius 3 is 2.74 bits per heavy atom. The minimum Gasteiger partial charge on any atom is -0.355 e. The van der Waals surface area contributed by atoms with Gasteiger partial charge in [-0.1, -0.05) is 0 Å². The van der Waals surface area contributed by atoms with E-state index in [1.807, 2.05) is 31.2 Å². The number of aromatic nitrogens is 5. The molecule has 1 N–H and O–H groups in total. The van der Waals surface area contributed by atoms with Crippen LogP contribution < -0.4 is 10.2 Å². The average Bonchev–Trinajstić information content (AvgIpc) is 3.39. The summed E-state index contributed by atoms with van der Waals surface area (Å²) in [5.41, 5.74) is 1.70. The van der Waals surface area contributed by atoms with E-state index in [1.54, 1.807) is 10.7 Å². The third-order valence-corrected chi connectivity index (χ3v) is 5.73. The molecule has 10 nitrogen and oxygen atoms in total. The van der Waals surface area contributed by atoms with Crippen LogP contribution in [0.2, 0.25) is 0 Å². The van der Waals surface area contributed by atoms with Crippen LogP contribution in [0, 0.1) is 6.92 Å². The zero-order valence-electron chi connectivity index (χ0n) is 17.5. The number of nitrogens with one attached hydrogen (secondary N) is 1. The van der Waals surface area contributed by atoms with Gasteiger partial charge < -0.3 is 19.7 Å². The number of fused-ring (bicyclic) bond motifs is 1. The molecule has 3 aromatic rings. The third-order valence-electron chi connectivity index (χ3n) is 5.73. The maximum absolute atomic E-state index is 12.3. The largest absolute Gasteiger partial charge is 0.355 e. The van der Waals surface area contributed by atoms with Crippen LogP contribution in [0.5, 0.6) is 0 Å². The van der Waals surface area contributed by atoms with E-state index in [9.17, 15) is 4.79 Å². The van der Waals surface area contributed by atoms with Crippen molar-refractivity contribution in [2.75, 3.05) is 36.5 Å². The summed E-state index contributed by atoms with van der Waals surface area (Å²) in [5, 5.41) is 16.0. The number of nitrogens with zero attached hydrogens (tertiary/aromatic N) is 6. The van der Waals surface area contributed by atoms with Crippen LogP contribution in [-0.4, -0.2) is 62.8 Å². The van der Waals surface area contributed by atoms with Gasteiger partial charge in [0.1, 0.15) is 11.6 Å². The average molecular weight is 423 g/mol. The Balaban J connectivity index is 1.24. The van der Waals surface area contributed by atoms with E-state index in [-0.39, 0.29) is 12.3 Å². The third kappa shape index (κ3) is 4.21. The lowest BCUT2D eigenvalue weighted by Gasteiger charge is -2.38. The molecule has 10 heteroatoms. The van der Waals surface area contributed by atoms with Crippen molar-refractivity contribution in [2.24, 2.45) is 0 Å². The van der Waals surface area contributed by atoms with Crippen molar-refractivity contribution in [3.05, 3.63) is 41.9 Å². The molecule has 0 aliphatic carbocycles. The fourth-order valence-corrected chi connectivity index (χ4v) is 4.05. The van der Waals surface area contributed by atoms with Crippen LogP contribution in [0.1, 0.15) is 30.7 Å². The van der Waals surface area contributed by atoms with Crippen molar-refractivity contribution in [2.45, 2.75) is 38.4 Å². The highest BCUT2D eigenvalue weighted by Gasteiger charge is 2.40. The maximum Gasteiger partial charge on any atom is 0.225 e. The lowest BCUT2D eigenvalue weighted by Crippen LogP contribution is -2.45. The van der Waals surface area contributed by atoms with Gasteiger partial charge in [-0.05, 0) is 36.8 Å². The first-order chi connectivity index (χ1) is 15.1. The molecule has 31 heavy (non-hydrogen) atoms. The van der Waals surface area contributed by atoms with E-state index in [1.165, 1.54) is 0 Å². The number of pyridine rings is 1. The molecule has 2 fully saturated rings. The topological polar surface area (TPSA) is 107 Å². The summed E-state index contributed by atoms with van der Waals surface area (Å²) in [4.78, 5) is 18.7. The second-order valence-corrected chi connectivity index (χ2v) is 7.94. The first-order valence-electron chi connectivity index (χ1n) is 10.6. The predicted molar refractivity (Wildman–Crippen MR) is 113 cm³/mol. The quantitative estimate of drug-likeness (QED) is 0.661. The van der Waals surface area contributed by atoms with Gasteiger partial charge in [0.15, 0.2) is 17.3 Å². The zero-order chi connectivity index (χ0) is 21.3. The van der Waals surface area contributed by atoms with E-state index in [0.717, 1.165) is 37.3 Å². The van der Waals surface area contributed by atoms with Gasteiger partial charge in [-0.3, -0.25) is 4.79 Å². The summed E-state index contributed by atoms with van der Waals surface area (Å²) in [7, 11) is 0. The first-order valence-corrected chi connectivity index (χ1v) is 10.6. The van der Waals surface area contributed by atoms with Gasteiger partial charge in [0.2, 0.25) is 5.91 Å². The molecule has 2 aliphatic rings. The van der Waals surface area contributed by atoms with Crippen LogP contribution in [0.4, 0.5) is 11.6 Å². The van der Waals surface area contributed by atoms with Crippen molar-refractivity contribution in [1.29, 1.82) is 0 Å². The highest BCUT2D eigenvalue weighted by molar-refractivity contribution is 5.89. The molecule has 0 atom stereocenters. The number of rotatable bonds is 5. The highest BCUT2D eigenvalue weighted by atomic mass is 16.7. The van der Waals surface area contributed by atoms with Gasteiger partial charge in [0.25, 0.3) is 0 Å². The number of amides is 1. The standard InChI is InChI=1S/C21H25N7O3/c1-15-6-9-22-16(14-15)23-20(29)5-4-18-25-24-17-2-3-19(26-28(17)18)27-10-7-21(8-11-27)30-12-13-31-21/h2-3,6,9,14H,4-5,7-8,10-13H2,1H3,(H,22,23,29). The molecule has 5 rings (SSSR count). The molecule has 1 amide bonds. The molecule has 162 valence electrons. The Labute approximate surface area is 179 Å². The number of carbonyl (C=O) groups excluding carboxylic acids is 1. The Morgan fingerprint density at radius 1 is 1.16 bits per heavy atom. The number of hydrogen-bond donors (Lipinski definition) is 1. The summed E-state index contributed by atoms with van der Waals surface area (Å²) < 4.78 is 13.3. The summed E-state index contributed by atoms with van der Waals surface area (Å²) in [6.07, 6.45) is 4.00. The first kappa shape index (κ1) is 19.8. The van der Waals surface area contributed by atoms with Gasteiger partial charge in [0.05, 0.1) is 13.2 Å². The van der Waals surface area contributed by atoms with Crippen molar-refractivity contribution >= 4 is 23.2 Å². The Hall–Kier alpha value is -3.11. The summed E-state index contributed by atoms with van der Waals surface area (Å²) >= 11 is 0. The molecule has 3 aromatic heterocycles. The van der Waals surface area contributed by atoms with E-state index in [0.29, 0.717) is 36.9 Å². The monoisotopic (exact) mass is 423 g/mol. The van der Waals surface area contributed by atoms with Crippen molar-refractivity contribution in [3.63, 3.8) is 0 Å². The molecule has 0 saturated carbocycles. The van der Waals surface area contributed by atoms with Crippen LogP contribution in [0.15, 0.2) is 30.5 Å². The molecule has 1 spiro atoms. The Kier molecular flexibility index (Phi) is 5.24. The van der Waals surface area contributed by atoms with Gasteiger partial charge in [-0.15, -0.1) is 15.3 Å². The summed E-state index contributed by atoms with van der Waals surface area (Å²) in [6.45, 7) is 4.91. The molecule has 5 heterocycles. The summed E-state index contributed by atoms with van der Waals surface area (Å²) in [6, 6.07) is 7.58. The number of hydrogen-bond acceptors (Lipinski definition) is 8. The lowest BCUT2D eigenvalue weighted by molar-refractivity contribution is -0.169. The van der Waals surface area contributed by atoms with Crippen LogP contribution in [0.3, 0.4) is 0 Å². The van der Waals surface area contributed by atoms with Crippen molar-refractivity contribution < 1.29 is 14.3 Å². The Bertz CT molecular complexity index is 1080. The fourth-order valence-electron chi connectivity index (χ4n) is 4.05. The number of aryl methyl sites for hydroxylation is 2. The minimum atomic E-state index is -0.415. The normalized spacial score (nSPS) is 18.0. The van der Waals surface area contributed by atoms with E-state index in [4.69, 9.17) is 14.6 Å². The number of ether oxygens (including phenoxy) is 2. The second-order valence-electron chi connectivity index (χ2n) is 7.94. The van der Waals surface area contributed by atoms with Crippen molar-refractivity contribution in [3.8, 4) is 0 Å². The molecule has 0 unspecified atom stereocenters. The second kappa shape index (κ2) is 8.20. The van der Waals surface area contributed by atoms with Crippen LogP contribution in [-0.2, 0) is 20.7 Å². The molecular formula is C21H25N7O3. The lowest BCUT2D eigenvalue weighted by atomic mass is 10.0. The smallest absolute Gasteiger partial charge is 0.225 e. The van der Waals surface area contributed by atoms with E-state index >= 15 is 0 Å². The predicted octanol–water partition coefficient (Wildman–Crippen LogP) is 1.74. The summed E-state index contributed by atoms with van der Waals surface area (Å²) in [5.74, 6) is 1.52. The number of anilines is 2. The minimum absolute atomic E-state index is 0.121. The fraction of sp³-hybridized carbons (Fsp3) is 0.476.